The fourth-order valence-electron chi connectivity index (χ4n) is 2.47. The van der Waals surface area contributed by atoms with Crippen molar-refractivity contribution in [1.82, 2.24) is 5.32 Å². The molecule has 1 amide bonds. The molecule has 1 heterocycles. The molecule has 1 aromatic carbocycles. The van der Waals surface area contributed by atoms with E-state index in [1.54, 1.807) is 25.3 Å². The summed E-state index contributed by atoms with van der Waals surface area (Å²) in [5, 5.41) is 12.0. The lowest BCUT2D eigenvalue weighted by Crippen LogP contribution is -2.32. The van der Waals surface area contributed by atoms with Crippen LogP contribution in [0.15, 0.2) is 23.8 Å². The third-order valence-electron chi connectivity index (χ3n) is 3.68. The Morgan fingerprint density at radius 3 is 2.96 bits per heavy atom. The molecule has 0 aliphatic carbocycles. The molecule has 128 valence electrons. The molecule has 1 N–H and O–H groups in total. The van der Waals surface area contributed by atoms with Gasteiger partial charge in [-0.3, -0.25) is 4.79 Å². The minimum Gasteiger partial charge on any atom is -0.493 e. The molecule has 6 heteroatoms. The fraction of sp³-hybridized carbons (Fsp3) is 0.444. The molecule has 0 spiro atoms. The number of hydrogen-bond acceptors (Lipinski definition) is 5. The second-order valence-corrected chi connectivity index (χ2v) is 5.36. The maximum atomic E-state index is 12.2. The molecule has 0 bridgehead atoms. The Bertz CT molecular complexity index is 643. The van der Waals surface area contributed by atoms with Crippen LogP contribution in [0.1, 0.15) is 25.3 Å². The first kappa shape index (κ1) is 17.8. The molecule has 0 saturated carbocycles. The number of nitriles is 1. The Morgan fingerprint density at radius 2 is 2.33 bits per heavy atom. The van der Waals surface area contributed by atoms with Crippen LogP contribution in [0, 0.1) is 11.3 Å². The van der Waals surface area contributed by atoms with E-state index in [4.69, 9.17) is 14.2 Å². The van der Waals surface area contributed by atoms with Crippen molar-refractivity contribution >= 4 is 12.0 Å². The van der Waals surface area contributed by atoms with Gasteiger partial charge in [0.05, 0.1) is 19.8 Å². The highest BCUT2D eigenvalue weighted by Gasteiger charge is 2.17. The summed E-state index contributed by atoms with van der Waals surface area (Å²) in [5.74, 6) is 0.780. The van der Waals surface area contributed by atoms with E-state index in [0.717, 1.165) is 19.4 Å². The highest BCUT2D eigenvalue weighted by molar-refractivity contribution is 6.01. The van der Waals surface area contributed by atoms with Crippen molar-refractivity contribution in [2.24, 2.45) is 0 Å². The summed E-state index contributed by atoms with van der Waals surface area (Å²) in [6.45, 7) is 3.52. The monoisotopic (exact) mass is 330 g/mol. The van der Waals surface area contributed by atoms with E-state index >= 15 is 0 Å². The second-order valence-electron chi connectivity index (χ2n) is 5.36. The first-order valence-electron chi connectivity index (χ1n) is 8.00. The molecule has 0 unspecified atom stereocenters. The van der Waals surface area contributed by atoms with Crippen molar-refractivity contribution in [3.05, 3.63) is 29.3 Å². The van der Waals surface area contributed by atoms with Crippen LogP contribution in [0.3, 0.4) is 0 Å². The van der Waals surface area contributed by atoms with Gasteiger partial charge in [0.15, 0.2) is 11.5 Å². The summed E-state index contributed by atoms with van der Waals surface area (Å²) in [4.78, 5) is 12.2. The van der Waals surface area contributed by atoms with E-state index in [2.05, 4.69) is 5.32 Å². The lowest BCUT2D eigenvalue weighted by atomic mass is 10.1. The number of nitrogens with zero attached hydrogens (tertiary/aromatic N) is 1. The molecule has 1 aromatic rings. The number of benzene rings is 1. The Morgan fingerprint density at radius 1 is 1.50 bits per heavy atom. The maximum absolute atomic E-state index is 12.2. The Hall–Kier alpha value is -2.52. The van der Waals surface area contributed by atoms with Crippen molar-refractivity contribution in [3.63, 3.8) is 0 Å². The quantitative estimate of drug-likeness (QED) is 0.613. The number of amides is 1. The molecule has 1 aliphatic rings. The van der Waals surface area contributed by atoms with Gasteiger partial charge in [-0.25, -0.2) is 0 Å². The molecule has 2 rings (SSSR count). The van der Waals surface area contributed by atoms with Gasteiger partial charge in [0, 0.05) is 13.2 Å². The van der Waals surface area contributed by atoms with Gasteiger partial charge in [0.2, 0.25) is 0 Å². The van der Waals surface area contributed by atoms with Crippen LogP contribution < -0.4 is 14.8 Å². The van der Waals surface area contributed by atoms with Crippen molar-refractivity contribution in [2.45, 2.75) is 25.9 Å². The lowest BCUT2D eigenvalue weighted by molar-refractivity contribution is -0.117. The number of hydrogen-bond donors (Lipinski definition) is 1. The fourth-order valence-corrected chi connectivity index (χ4v) is 2.47. The molecule has 6 nitrogen and oxygen atoms in total. The molecular weight excluding hydrogens is 308 g/mol. The normalized spacial score (nSPS) is 17.2. The van der Waals surface area contributed by atoms with Gasteiger partial charge in [0.1, 0.15) is 11.6 Å². The Kier molecular flexibility index (Phi) is 6.64. The summed E-state index contributed by atoms with van der Waals surface area (Å²) >= 11 is 0. The maximum Gasteiger partial charge on any atom is 0.262 e. The van der Waals surface area contributed by atoms with Crippen LogP contribution in [-0.2, 0) is 9.53 Å². The number of nitrogens with one attached hydrogen (secondary N) is 1. The summed E-state index contributed by atoms with van der Waals surface area (Å²) in [6.07, 6.45) is 3.52. The zero-order chi connectivity index (χ0) is 17.4. The van der Waals surface area contributed by atoms with Gasteiger partial charge in [-0.15, -0.1) is 0 Å². The van der Waals surface area contributed by atoms with Crippen LogP contribution in [0.2, 0.25) is 0 Å². The van der Waals surface area contributed by atoms with Crippen LogP contribution in [0.25, 0.3) is 6.08 Å². The molecular formula is C18H22N2O4. The number of rotatable bonds is 7. The Labute approximate surface area is 142 Å². The molecule has 1 aliphatic heterocycles. The summed E-state index contributed by atoms with van der Waals surface area (Å²) in [7, 11) is 1.56. The van der Waals surface area contributed by atoms with Crippen LogP contribution in [0.5, 0.6) is 11.5 Å². The van der Waals surface area contributed by atoms with Crippen molar-refractivity contribution < 1.29 is 19.0 Å². The molecule has 1 atom stereocenters. The zero-order valence-corrected chi connectivity index (χ0v) is 14.0. The van der Waals surface area contributed by atoms with Gasteiger partial charge in [-0.2, -0.15) is 5.26 Å². The predicted molar refractivity (Wildman–Crippen MR) is 89.7 cm³/mol. The first-order chi connectivity index (χ1) is 11.7. The summed E-state index contributed by atoms with van der Waals surface area (Å²) in [6, 6.07) is 7.20. The van der Waals surface area contributed by atoms with Gasteiger partial charge >= 0.3 is 0 Å². The van der Waals surface area contributed by atoms with E-state index in [9.17, 15) is 10.1 Å². The molecule has 24 heavy (non-hydrogen) atoms. The average Bonchev–Trinajstić information content (AvgIpc) is 3.11. The van der Waals surface area contributed by atoms with Crippen LogP contribution in [-0.4, -0.2) is 38.9 Å². The average molecular weight is 330 g/mol. The smallest absolute Gasteiger partial charge is 0.262 e. The minimum atomic E-state index is -0.401. The first-order valence-corrected chi connectivity index (χ1v) is 8.00. The zero-order valence-electron chi connectivity index (χ0n) is 14.0. The summed E-state index contributed by atoms with van der Waals surface area (Å²) in [5.41, 5.74) is 0.740. The summed E-state index contributed by atoms with van der Waals surface area (Å²) < 4.78 is 16.2. The van der Waals surface area contributed by atoms with Gasteiger partial charge in [-0.05, 0) is 43.5 Å². The van der Waals surface area contributed by atoms with Crippen molar-refractivity contribution in [3.8, 4) is 17.6 Å². The van der Waals surface area contributed by atoms with E-state index < -0.39 is 5.91 Å². The minimum absolute atomic E-state index is 0.0411. The molecule has 1 fully saturated rings. The number of ether oxygens (including phenoxy) is 3. The molecule has 1 saturated heterocycles. The SMILES string of the molecule is CCOc1cc(/C=C(\C#N)C(=O)NC[C@H]2CCCO2)ccc1OC. The third-order valence-corrected chi connectivity index (χ3v) is 3.68. The van der Waals surface area contributed by atoms with Gasteiger partial charge in [0.25, 0.3) is 5.91 Å². The lowest BCUT2D eigenvalue weighted by Gasteiger charge is -2.11. The topological polar surface area (TPSA) is 80.6 Å². The highest BCUT2D eigenvalue weighted by Crippen LogP contribution is 2.28. The highest BCUT2D eigenvalue weighted by atomic mass is 16.5. The molecule has 0 aromatic heterocycles. The Balaban J connectivity index is 2.09. The standard InChI is InChI=1S/C18H22N2O4/c1-3-23-17-10-13(6-7-16(17)22-2)9-14(11-19)18(21)20-12-15-5-4-8-24-15/h6-7,9-10,15H,3-5,8,12H2,1-2H3,(H,20,21)/b14-9+/t15-/m1/s1. The third kappa shape index (κ3) is 4.74. The van der Waals surface area contributed by atoms with Crippen molar-refractivity contribution in [2.75, 3.05) is 26.9 Å². The van der Waals surface area contributed by atoms with Crippen LogP contribution in [0.4, 0.5) is 0 Å². The van der Waals surface area contributed by atoms with E-state index in [1.807, 2.05) is 13.0 Å². The van der Waals surface area contributed by atoms with Crippen LogP contribution >= 0.6 is 0 Å². The van der Waals surface area contributed by atoms with Crippen molar-refractivity contribution in [1.29, 1.82) is 5.26 Å². The van der Waals surface area contributed by atoms with E-state index in [1.165, 1.54) is 6.08 Å². The van der Waals surface area contributed by atoms with E-state index in [0.29, 0.717) is 30.2 Å². The van der Waals surface area contributed by atoms with Gasteiger partial charge < -0.3 is 19.5 Å². The number of carbonyl (C=O) groups is 1. The second kappa shape index (κ2) is 8.94. The molecule has 0 radical (unpaired) electrons. The van der Waals surface area contributed by atoms with Gasteiger partial charge in [-0.1, -0.05) is 6.07 Å². The van der Waals surface area contributed by atoms with E-state index in [-0.39, 0.29) is 11.7 Å². The number of carbonyl (C=O) groups excluding carboxylic acids is 1. The largest absolute Gasteiger partial charge is 0.493 e. The number of methoxy groups -OCH3 is 1. The predicted octanol–water partition coefficient (Wildman–Crippen LogP) is 2.30.